The maximum absolute atomic E-state index is 6.21. The van der Waals surface area contributed by atoms with Crippen LogP contribution in [0.1, 0.15) is 42.5 Å². The number of benzene rings is 1. The lowest BCUT2D eigenvalue weighted by molar-refractivity contribution is 0.479. The summed E-state index contributed by atoms with van der Waals surface area (Å²) in [6.07, 6.45) is 3.69. The van der Waals surface area contributed by atoms with Gasteiger partial charge < -0.3 is 5.32 Å². The van der Waals surface area contributed by atoms with Gasteiger partial charge in [0.15, 0.2) is 0 Å². The van der Waals surface area contributed by atoms with Crippen molar-refractivity contribution in [1.82, 2.24) is 10.3 Å². The molecule has 0 spiro atoms. The summed E-state index contributed by atoms with van der Waals surface area (Å²) in [6.45, 7) is 7.36. The lowest BCUT2D eigenvalue weighted by atomic mass is 9.88. The second kappa shape index (κ2) is 6.87. The number of rotatable bonds is 5. The van der Waals surface area contributed by atoms with Gasteiger partial charge in [0.2, 0.25) is 0 Å². The average molecular weight is 289 g/mol. The summed E-state index contributed by atoms with van der Waals surface area (Å²) in [4.78, 5) is 4.09. The third kappa shape index (κ3) is 3.59. The van der Waals surface area contributed by atoms with Crippen LogP contribution in [-0.4, -0.2) is 11.5 Å². The molecule has 1 N–H and O–H groups in total. The van der Waals surface area contributed by atoms with Crippen LogP contribution in [0.2, 0.25) is 5.02 Å². The van der Waals surface area contributed by atoms with E-state index in [-0.39, 0.29) is 6.04 Å². The van der Waals surface area contributed by atoms with Crippen molar-refractivity contribution in [1.29, 1.82) is 0 Å². The standard InChI is InChI=1S/C17H21ClN2/c1-4-20-17(13(3)14-5-7-19-8-6-14)15-9-12(2)10-16(18)11-15/h5-11,13,17,20H,4H2,1-3H3. The van der Waals surface area contributed by atoms with Crippen molar-refractivity contribution in [2.45, 2.75) is 32.7 Å². The minimum atomic E-state index is 0.250. The summed E-state index contributed by atoms with van der Waals surface area (Å²) in [5.41, 5.74) is 3.71. The number of aryl methyl sites for hydroxylation is 1. The molecule has 2 nitrogen and oxygen atoms in total. The first-order valence-corrected chi connectivity index (χ1v) is 7.40. The number of likely N-dealkylation sites (N-methyl/N-ethyl adjacent to an activating group) is 1. The zero-order valence-corrected chi connectivity index (χ0v) is 13.0. The predicted molar refractivity (Wildman–Crippen MR) is 85.3 cm³/mol. The summed E-state index contributed by atoms with van der Waals surface area (Å²) < 4.78 is 0. The fourth-order valence-corrected chi connectivity index (χ4v) is 2.90. The fourth-order valence-electron chi connectivity index (χ4n) is 2.61. The van der Waals surface area contributed by atoms with Crippen molar-refractivity contribution < 1.29 is 0 Å². The van der Waals surface area contributed by atoms with E-state index in [4.69, 9.17) is 11.6 Å². The van der Waals surface area contributed by atoms with E-state index in [1.165, 1.54) is 16.7 Å². The van der Waals surface area contributed by atoms with Crippen molar-refractivity contribution in [3.8, 4) is 0 Å². The Bertz CT molecular complexity index is 534. The van der Waals surface area contributed by atoms with Crippen molar-refractivity contribution in [2.24, 2.45) is 0 Å². The molecule has 0 bridgehead atoms. The molecule has 2 unspecified atom stereocenters. The van der Waals surface area contributed by atoms with Crippen LogP contribution in [-0.2, 0) is 0 Å². The first-order chi connectivity index (χ1) is 9.61. The van der Waals surface area contributed by atoms with Gasteiger partial charge in [0.1, 0.15) is 0 Å². The third-order valence-electron chi connectivity index (χ3n) is 3.58. The molecular weight excluding hydrogens is 268 g/mol. The molecule has 0 aliphatic rings. The Morgan fingerprint density at radius 1 is 1.15 bits per heavy atom. The molecule has 2 rings (SSSR count). The van der Waals surface area contributed by atoms with E-state index in [0.29, 0.717) is 5.92 Å². The monoisotopic (exact) mass is 288 g/mol. The molecule has 1 aromatic heterocycles. The Morgan fingerprint density at radius 3 is 2.45 bits per heavy atom. The van der Waals surface area contributed by atoms with Gasteiger partial charge in [0.05, 0.1) is 0 Å². The summed E-state index contributed by atoms with van der Waals surface area (Å²) in [5.74, 6) is 0.357. The lowest BCUT2D eigenvalue weighted by Gasteiger charge is -2.26. The molecule has 3 heteroatoms. The van der Waals surface area contributed by atoms with E-state index in [1.807, 2.05) is 18.5 Å². The molecule has 0 saturated carbocycles. The molecule has 106 valence electrons. The number of halogens is 1. The maximum Gasteiger partial charge on any atom is 0.0411 e. The quantitative estimate of drug-likeness (QED) is 0.876. The largest absolute Gasteiger partial charge is 0.310 e. The van der Waals surface area contributed by atoms with E-state index < -0.39 is 0 Å². The molecule has 1 heterocycles. The van der Waals surface area contributed by atoms with Crippen molar-refractivity contribution in [3.05, 3.63) is 64.4 Å². The molecule has 0 saturated heterocycles. The molecule has 0 aliphatic heterocycles. The van der Waals surface area contributed by atoms with Crippen LogP contribution < -0.4 is 5.32 Å². The molecule has 2 aromatic rings. The van der Waals surface area contributed by atoms with Gasteiger partial charge in [-0.25, -0.2) is 0 Å². The maximum atomic E-state index is 6.21. The predicted octanol–water partition coefficient (Wildman–Crippen LogP) is 4.50. The zero-order valence-electron chi connectivity index (χ0n) is 12.2. The van der Waals surface area contributed by atoms with Gasteiger partial charge >= 0.3 is 0 Å². The highest BCUT2D eigenvalue weighted by Gasteiger charge is 2.20. The zero-order chi connectivity index (χ0) is 14.5. The molecule has 0 radical (unpaired) electrons. The second-order valence-electron chi connectivity index (χ2n) is 5.17. The Balaban J connectivity index is 2.35. The van der Waals surface area contributed by atoms with Crippen LogP contribution >= 0.6 is 11.6 Å². The van der Waals surface area contributed by atoms with Gasteiger partial charge in [0, 0.05) is 29.4 Å². The average Bonchev–Trinajstić information content (AvgIpc) is 2.44. The van der Waals surface area contributed by atoms with Gasteiger partial charge in [0.25, 0.3) is 0 Å². The summed E-state index contributed by atoms with van der Waals surface area (Å²) in [6, 6.07) is 10.7. The van der Waals surface area contributed by atoms with E-state index in [2.05, 4.69) is 55.3 Å². The molecule has 2 atom stereocenters. The van der Waals surface area contributed by atoms with E-state index in [0.717, 1.165) is 11.6 Å². The normalized spacial score (nSPS) is 14.0. The van der Waals surface area contributed by atoms with Crippen LogP contribution in [0.25, 0.3) is 0 Å². The molecule has 0 amide bonds. The smallest absolute Gasteiger partial charge is 0.0411 e. The second-order valence-corrected chi connectivity index (χ2v) is 5.60. The molecule has 0 aliphatic carbocycles. The van der Waals surface area contributed by atoms with E-state index in [9.17, 15) is 0 Å². The molecule has 1 aromatic carbocycles. The van der Waals surface area contributed by atoms with Crippen LogP contribution in [0.15, 0.2) is 42.7 Å². The fraction of sp³-hybridized carbons (Fsp3) is 0.353. The highest BCUT2D eigenvalue weighted by molar-refractivity contribution is 6.30. The molecular formula is C17H21ClN2. The van der Waals surface area contributed by atoms with Crippen molar-refractivity contribution in [3.63, 3.8) is 0 Å². The van der Waals surface area contributed by atoms with E-state index in [1.54, 1.807) is 0 Å². The van der Waals surface area contributed by atoms with Gasteiger partial charge in [-0.05, 0) is 54.4 Å². The van der Waals surface area contributed by atoms with E-state index >= 15 is 0 Å². The summed E-state index contributed by atoms with van der Waals surface area (Å²) in [7, 11) is 0. The number of hydrogen-bond acceptors (Lipinski definition) is 2. The highest BCUT2D eigenvalue weighted by Crippen LogP contribution is 2.32. The highest BCUT2D eigenvalue weighted by atomic mass is 35.5. The van der Waals surface area contributed by atoms with Gasteiger partial charge in [-0.15, -0.1) is 0 Å². The Hall–Kier alpha value is -1.38. The summed E-state index contributed by atoms with van der Waals surface area (Å²) >= 11 is 6.21. The molecule has 20 heavy (non-hydrogen) atoms. The van der Waals surface area contributed by atoms with Crippen LogP contribution in [0.5, 0.6) is 0 Å². The first kappa shape index (κ1) is 15.0. The lowest BCUT2D eigenvalue weighted by Crippen LogP contribution is -2.25. The Labute approximate surface area is 126 Å². The number of pyridine rings is 1. The minimum absolute atomic E-state index is 0.250. The van der Waals surface area contributed by atoms with Gasteiger partial charge in [-0.3, -0.25) is 4.98 Å². The van der Waals surface area contributed by atoms with Crippen molar-refractivity contribution in [2.75, 3.05) is 6.54 Å². The van der Waals surface area contributed by atoms with Crippen LogP contribution in [0, 0.1) is 6.92 Å². The Kier molecular flexibility index (Phi) is 5.16. The SMILES string of the molecule is CCNC(c1cc(C)cc(Cl)c1)C(C)c1ccncc1. The molecule has 0 fully saturated rings. The van der Waals surface area contributed by atoms with Crippen LogP contribution in [0.4, 0.5) is 0 Å². The summed E-state index contributed by atoms with van der Waals surface area (Å²) in [5, 5.41) is 4.37. The Morgan fingerprint density at radius 2 is 1.85 bits per heavy atom. The topological polar surface area (TPSA) is 24.9 Å². The third-order valence-corrected chi connectivity index (χ3v) is 3.80. The van der Waals surface area contributed by atoms with Crippen molar-refractivity contribution >= 4 is 11.6 Å². The van der Waals surface area contributed by atoms with Gasteiger partial charge in [-0.2, -0.15) is 0 Å². The number of aromatic nitrogens is 1. The minimum Gasteiger partial charge on any atom is -0.310 e. The van der Waals surface area contributed by atoms with Crippen LogP contribution in [0.3, 0.4) is 0 Å². The first-order valence-electron chi connectivity index (χ1n) is 7.02. The number of nitrogens with zero attached hydrogens (tertiary/aromatic N) is 1. The number of nitrogens with one attached hydrogen (secondary N) is 1. The van der Waals surface area contributed by atoms with Gasteiger partial charge in [-0.1, -0.05) is 31.5 Å². The number of hydrogen-bond donors (Lipinski definition) is 1.